The second-order valence-electron chi connectivity index (χ2n) is 11.4. The number of hydrogen-bond acceptors (Lipinski definition) is 4. The van der Waals surface area contributed by atoms with Gasteiger partial charge in [0.1, 0.15) is 11.2 Å². The van der Waals surface area contributed by atoms with E-state index in [0.717, 1.165) is 11.1 Å². The fourth-order valence-electron chi connectivity index (χ4n) is 4.56. The van der Waals surface area contributed by atoms with Crippen molar-refractivity contribution in [2.75, 3.05) is 0 Å². The summed E-state index contributed by atoms with van der Waals surface area (Å²) in [4.78, 5) is 28.4. The van der Waals surface area contributed by atoms with Crippen LogP contribution in [0, 0.1) is 5.92 Å². The normalized spacial score (nSPS) is 19.7. The minimum atomic E-state index is -1.09. The van der Waals surface area contributed by atoms with Crippen LogP contribution in [0.15, 0.2) is 60.7 Å². The van der Waals surface area contributed by atoms with Crippen LogP contribution < -0.4 is 0 Å². The Kier molecular flexibility index (Phi) is 7.73. The number of carbonyl (C=O) groups excluding carboxylic acids is 2. The van der Waals surface area contributed by atoms with E-state index in [-0.39, 0.29) is 16.9 Å². The molecule has 184 valence electrons. The Morgan fingerprint density at radius 3 is 1.85 bits per heavy atom. The van der Waals surface area contributed by atoms with E-state index in [9.17, 15) is 9.59 Å². The smallest absolute Gasteiger partial charge is 0.417 e. The summed E-state index contributed by atoms with van der Waals surface area (Å²) in [5.74, 6) is -0.441. The molecule has 5 nitrogen and oxygen atoms in total. The second-order valence-corrected chi connectivity index (χ2v) is 14.1. The van der Waals surface area contributed by atoms with Crippen LogP contribution in [0.1, 0.15) is 72.4 Å². The van der Waals surface area contributed by atoms with Crippen LogP contribution in [0.5, 0.6) is 0 Å². The molecule has 2 aromatic carbocycles. The molecule has 2 amide bonds. The Hall–Kier alpha value is -2.44. The minimum absolute atomic E-state index is 0.0122. The van der Waals surface area contributed by atoms with Crippen molar-refractivity contribution in [1.29, 1.82) is 0 Å². The molecule has 0 spiro atoms. The van der Waals surface area contributed by atoms with E-state index in [0.29, 0.717) is 12.8 Å². The number of imide groups is 1. The SMILES string of the molecule is CC[C@@H]1C[C@@H](C(O[SiH2]C(C)(C)C)(c2ccccc2)c2ccccc2)N(C(=O)OC(C)(C)C)C1=O. The average Bonchev–Trinajstić information content (AvgIpc) is 3.10. The van der Waals surface area contributed by atoms with Crippen molar-refractivity contribution in [2.45, 2.75) is 83.6 Å². The monoisotopic (exact) mass is 481 g/mol. The van der Waals surface area contributed by atoms with Gasteiger partial charge in [0.15, 0.2) is 9.76 Å². The molecule has 1 fully saturated rings. The number of amides is 2. The number of carbonyl (C=O) groups is 2. The van der Waals surface area contributed by atoms with Crippen LogP contribution in [-0.4, -0.2) is 38.3 Å². The molecule has 0 saturated carbocycles. The molecule has 1 aliphatic heterocycles. The van der Waals surface area contributed by atoms with E-state index in [1.807, 2.05) is 88.4 Å². The zero-order valence-corrected chi connectivity index (χ0v) is 23.0. The molecule has 2 atom stereocenters. The number of ether oxygens (including phenoxy) is 1. The van der Waals surface area contributed by atoms with Gasteiger partial charge in [-0.3, -0.25) is 4.79 Å². The van der Waals surface area contributed by atoms with E-state index in [2.05, 4.69) is 20.8 Å². The summed E-state index contributed by atoms with van der Waals surface area (Å²) < 4.78 is 12.8. The predicted octanol–water partition coefficient (Wildman–Crippen LogP) is 5.81. The first-order chi connectivity index (χ1) is 15.9. The highest BCUT2D eigenvalue weighted by molar-refractivity contribution is 6.32. The first-order valence-corrected chi connectivity index (χ1v) is 13.5. The Morgan fingerprint density at radius 1 is 0.941 bits per heavy atom. The lowest BCUT2D eigenvalue weighted by molar-refractivity contribution is -0.133. The largest absolute Gasteiger partial charge is 0.443 e. The lowest BCUT2D eigenvalue weighted by atomic mass is 9.78. The molecule has 1 saturated heterocycles. The fourth-order valence-corrected chi connectivity index (χ4v) is 5.75. The number of likely N-dealkylation sites (tertiary alicyclic amines) is 1. The summed E-state index contributed by atoms with van der Waals surface area (Å²) in [6.07, 6.45) is 0.581. The van der Waals surface area contributed by atoms with Gasteiger partial charge in [-0.1, -0.05) is 88.4 Å². The van der Waals surface area contributed by atoms with E-state index in [1.165, 1.54) is 4.90 Å². The van der Waals surface area contributed by atoms with Gasteiger partial charge in [0.05, 0.1) is 6.04 Å². The van der Waals surface area contributed by atoms with Gasteiger partial charge in [-0.15, -0.1) is 0 Å². The second kappa shape index (κ2) is 10.0. The van der Waals surface area contributed by atoms with Crippen molar-refractivity contribution in [1.82, 2.24) is 4.90 Å². The van der Waals surface area contributed by atoms with Crippen molar-refractivity contribution in [3.63, 3.8) is 0 Å². The van der Waals surface area contributed by atoms with E-state index in [1.54, 1.807) is 0 Å². The highest BCUT2D eigenvalue weighted by atomic mass is 28.2. The van der Waals surface area contributed by atoms with Crippen LogP contribution >= 0.6 is 0 Å². The molecular formula is C28H39NO4Si. The van der Waals surface area contributed by atoms with Crippen LogP contribution in [0.3, 0.4) is 0 Å². The molecule has 0 radical (unpaired) electrons. The fraction of sp³-hybridized carbons (Fsp3) is 0.500. The van der Waals surface area contributed by atoms with Gasteiger partial charge in [0.25, 0.3) is 0 Å². The summed E-state index contributed by atoms with van der Waals surface area (Å²) >= 11 is 0. The van der Waals surface area contributed by atoms with Crippen LogP contribution in [0.25, 0.3) is 0 Å². The third-order valence-electron chi connectivity index (χ3n) is 6.10. The number of hydrogen-bond donors (Lipinski definition) is 0. The standard InChI is InChI=1S/C28H39NO4Si/c1-8-20-19-23(29(24(20)30)25(31)32-26(2,3)4)28(33-34-27(5,6)7,21-15-11-9-12-16-21)22-17-13-10-14-18-22/h9-18,20,23H,8,19,34H2,1-7H3/t20-,23+/m1/s1. The summed E-state index contributed by atoms with van der Waals surface area (Å²) in [5, 5.41) is 0.0122. The number of rotatable bonds is 6. The van der Waals surface area contributed by atoms with Crippen molar-refractivity contribution >= 4 is 21.8 Å². The maximum absolute atomic E-state index is 13.6. The Morgan fingerprint density at radius 2 is 1.44 bits per heavy atom. The van der Waals surface area contributed by atoms with E-state index in [4.69, 9.17) is 9.16 Å². The first kappa shape index (κ1) is 26.2. The molecule has 1 aliphatic rings. The lowest BCUT2D eigenvalue weighted by Gasteiger charge is -2.44. The predicted molar refractivity (Wildman–Crippen MR) is 138 cm³/mol. The van der Waals surface area contributed by atoms with Crippen LogP contribution in [0.2, 0.25) is 5.04 Å². The molecule has 34 heavy (non-hydrogen) atoms. The molecule has 0 bridgehead atoms. The number of benzene rings is 2. The molecule has 6 heteroatoms. The molecule has 3 rings (SSSR count). The molecular weight excluding hydrogens is 442 g/mol. The highest BCUT2D eigenvalue weighted by Gasteiger charge is 2.56. The summed E-state index contributed by atoms with van der Waals surface area (Å²) in [5.41, 5.74) is 0.204. The van der Waals surface area contributed by atoms with Crippen molar-refractivity contribution in [2.24, 2.45) is 5.92 Å². The zero-order valence-electron chi connectivity index (χ0n) is 21.6. The van der Waals surface area contributed by atoms with Crippen molar-refractivity contribution in [3.8, 4) is 0 Å². The Balaban J connectivity index is 2.26. The maximum atomic E-state index is 13.6. The first-order valence-electron chi connectivity index (χ1n) is 12.2. The molecule has 0 N–H and O–H groups in total. The highest BCUT2D eigenvalue weighted by Crippen LogP contribution is 2.47. The van der Waals surface area contributed by atoms with Crippen LogP contribution in [0.4, 0.5) is 4.79 Å². The van der Waals surface area contributed by atoms with Gasteiger partial charge in [0, 0.05) is 5.92 Å². The minimum Gasteiger partial charge on any atom is -0.443 e. The summed E-state index contributed by atoms with van der Waals surface area (Å²) in [7, 11) is -1.09. The number of nitrogens with zero attached hydrogens (tertiary/aromatic N) is 1. The van der Waals surface area contributed by atoms with E-state index >= 15 is 0 Å². The molecule has 0 unspecified atom stereocenters. The van der Waals surface area contributed by atoms with Gasteiger partial charge in [-0.2, -0.15) is 0 Å². The lowest BCUT2D eigenvalue weighted by Crippen LogP contribution is -2.55. The summed E-state index contributed by atoms with van der Waals surface area (Å²) in [6.45, 7) is 14.0. The topological polar surface area (TPSA) is 55.8 Å². The average molecular weight is 482 g/mol. The van der Waals surface area contributed by atoms with Crippen molar-refractivity contribution in [3.05, 3.63) is 71.8 Å². The van der Waals surface area contributed by atoms with Gasteiger partial charge in [0.2, 0.25) is 5.91 Å². The third kappa shape index (κ3) is 5.61. The Bertz CT molecular complexity index is 939. The summed E-state index contributed by atoms with van der Waals surface area (Å²) in [6, 6.07) is 19.6. The quantitative estimate of drug-likeness (QED) is 0.489. The maximum Gasteiger partial charge on any atom is 0.417 e. The van der Waals surface area contributed by atoms with Crippen molar-refractivity contribution < 1.29 is 18.8 Å². The van der Waals surface area contributed by atoms with Gasteiger partial charge in [-0.05, 0) is 49.8 Å². The van der Waals surface area contributed by atoms with Gasteiger partial charge >= 0.3 is 6.09 Å². The van der Waals surface area contributed by atoms with Gasteiger partial charge in [-0.25, -0.2) is 9.69 Å². The van der Waals surface area contributed by atoms with E-state index < -0.39 is 33.1 Å². The van der Waals surface area contributed by atoms with Gasteiger partial charge < -0.3 is 9.16 Å². The molecule has 0 aromatic heterocycles. The molecule has 1 heterocycles. The molecule has 2 aromatic rings. The Labute approximate surface area is 206 Å². The third-order valence-corrected chi connectivity index (χ3v) is 7.56. The van der Waals surface area contributed by atoms with Crippen LogP contribution in [-0.2, 0) is 19.6 Å². The molecule has 0 aliphatic carbocycles. The zero-order chi connectivity index (χ0) is 25.1.